The molecule has 1 aromatic rings. The van der Waals surface area contributed by atoms with Crippen LogP contribution in [0.25, 0.3) is 0 Å². The Bertz CT molecular complexity index is 618. The van der Waals surface area contributed by atoms with Crippen LogP contribution in [-0.4, -0.2) is 26.1 Å². The number of aliphatic carboxylic acids is 1. The monoisotopic (exact) mass is 338 g/mol. The van der Waals surface area contributed by atoms with Crippen molar-refractivity contribution in [2.24, 2.45) is 10.3 Å². The highest BCUT2D eigenvalue weighted by Crippen LogP contribution is 2.21. The van der Waals surface area contributed by atoms with Gasteiger partial charge in [-0.3, -0.25) is 4.79 Å². The summed E-state index contributed by atoms with van der Waals surface area (Å²) in [5.41, 5.74) is 0.964. The molecule has 0 aromatic heterocycles. The number of hydrogen-bond donors (Lipinski definition) is 1. The van der Waals surface area contributed by atoms with Gasteiger partial charge >= 0.3 is 5.97 Å². The molecule has 2 atom stereocenters. The van der Waals surface area contributed by atoms with Gasteiger partial charge in [-0.25, -0.2) is 4.39 Å². The standard InChI is InChI=1S/C16H19FN2O3S/c1-16(2,3)23(22)19-14(9-6-12(10-18)15(20)21)11-4-7-13(17)8-5-11/h4-5,7-8,12H,6,9H2,1-3H3,(H,20,21)/b19-14+/t12?,23-/m1/s1. The van der Waals surface area contributed by atoms with E-state index in [0.717, 1.165) is 0 Å². The van der Waals surface area contributed by atoms with E-state index < -0.39 is 33.8 Å². The molecule has 1 N–H and O–H groups in total. The van der Waals surface area contributed by atoms with Gasteiger partial charge in [-0.15, -0.1) is 0 Å². The molecule has 0 spiro atoms. The number of rotatable bonds is 6. The van der Waals surface area contributed by atoms with Gasteiger partial charge in [-0.05, 0) is 45.7 Å². The Balaban J connectivity index is 3.07. The number of nitrogens with zero attached hydrogens (tertiary/aromatic N) is 2. The van der Waals surface area contributed by atoms with E-state index in [1.165, 1.54) is 24.3 Å². The van der Waals surface area contributed by atoms with Gasteiger partial charge in [-0.1, -0.05) is 16.5 Å². The van der Waals surface area contributed by atoms with Gasteiger partial charge in [-0.2, -0.15) is 5.26 Å². The summed E-state index contributed by atoms with van der Waals surface area (Å²) in [5.74, 6) is -2.78. The smallest absolute Gasteiger partial charge is 0.320 e. The van der Waals surface area contributed by atoms with E-state index >= 15 is 0 Å². The summed E-state index contributed by atoms with van der Waals surface area (Å²) in [7, 11) is 0. The first-order valence-corrected chi connectivity index (χ1v) is 8.13. The van der Waals surface area contributed by atoms with Crippen molar-refractivity contribution in [1.29, 1.82) is 5.26 Å². The van der Waals surface area contributed by atoms with Crippen molar-refractivity contribution in [2.75, 3.05) is 0 Å². The van der Waals surface area contributed by atoms with Crippen molar-refractivity contribution >= 4 is 23.0 Å². The lowest BCUT2D eigenvalue weighted by molar-refractivity contribution is -0.139. The average Bonchev–Trinajstić information content (AvgIpc) is 2.46. The molecule has 5 nitrogen and oxygen atoms in total. The molecule has 0 saturated carbocycles. The van der Waals surface area contributed by atoms with E-state index in [2.05, 4.69) is 4.40 Å². The van der Waals surface area contributed by atoms with Gasteiger partial charge in [0, 0.05) is 5.56 Å². The van der Waals surface area contributed by atoms with Crippen molar-refractivity contribution in [2.45, 2.75) is 38.4 Å². The molecule has 0 heterocycles. The normalized spacial score (nSPS) is 14.9. The molecular weight excluding hydrogens is 319 g/mol. The summed E-state index contributed by atoms with van der Waals surface area (Å²) in [6.07, 6.45) is 0.210. The summed E-state index contributed by atoms with van der Waals surface area (Å²) in [5, 5.41) is 17.8. The molecule has 0 radical (unpaired) electrons. The summed E-state index contributed by atoms with van der Waals surface area (Å²) >= 11 is -1.54. The lowest BCUT2D eigenvalue weighted by Crippen LogP contribution is -2.27. The first-order chi connectivity index (χ1) is 10.6. The highest BCUT2D eigenvalue weighted by molar-refractivity contribution is 7.91. The van der Waals surface area contributed by atoms with Crippen LogP contribution in [0.5, 0.6) is 0 Å². The number of carbonyl (C=O) groups is 1. The number of nitriles is 1. The Labute approximate surface area is 138 Å². The first kappa shape index (κ1) is 19.1. The van der Waals surface area contributed by atoms with Gasteiger partial charge in [0.2, 0.25) is 0 Å². The summed E-state index contributed by atoms with van der Waals surface area (Å²) in [4.78, 5) is 10.9. The number of hydrogen-bond acceptors (Lipinski definition) is 4. The lowest BCUT2D eigenvalue weighted by atomic mass is 9.99. The van der Waals surface area contributed by atoms with Gasteiger partial charge in [0.25, 0.3) is 0 Å². The maximum Gasteiger partial charge on any atom is 0.320 e. The molecule has 0 saturated heterocycles. The molecule has 1 unspecified atom stereocenters. The molecule has 7 heteroatoms. The third-order valence-electron chi connectivity index (χ3n) is 3.02. The second-order valence-corrected chi connectivity index (χ2v) is 7.87. The fraction of sp³-hybridized carbons (Fsp3) is 0.438. The van der Waals surface area contributed by atoms with E-state index in [1.807, 2.05) is 0 Å². The maximum atomic E-state index is 13.1. The van der Waals surface area contributed by atoms with Crippen LogP contribution in [0.15, 0.2) is 28.7 Å². The van der Waals surface area contributed by atoms with Gasteiger partial charge in [0.15, 0.2) is 0 Å². The highest BCUT2D eigenvalue weighted by atomic mass is 32.2. The van der Waals surface area contributed by atoms with E-state index in [1.54, 1.807) is 26.8 Å². The lowest BCUT2D eigenvalue weighted by Gasteiger charge is -2.19. The fourth-order valence-corrected chi connectivity index (χ4v) is 2.32. The number of carboxylic acid groups (broad SMARTS) is 1. The fourth-order valence-electron chi connectivity index (χ4n) is 1.65. The zero-order valence-electron chi connectivity index (χ0n) is 13.2. The zero-order chi connectivity index (χ0) is 17.6. The topological polar surface area (TPSA) is 96.5 Å². The van der Waals surface area contributed by atoms with E-state index in [0.29, 0.717) is 11.3 Å². The van der Waals surface area contributed by atoms with E-state index in [-0.39, 0.29) is 12.8 Å². The first-order valence-electron chi connectivity index (χ1n) is 7.03. The molecule has 0 aliphatic heterocycles. The Morgan fingerprint density at radius 3 is 2.43 bits per heavy atom. The molecular formula is C16H19FN2O3S. The zero-order valence-corrected chi connectivity index (χ0v) is 14.1. The number of halogens is 1. The van der Waals surface area contributed by atoms with Crippen LogP contribution in [0.2, 0.25) is 0 Å². The SMILES string of the molecule is CC(C)(C)[S@@+]([O-])/N=C(\CCC(C#N)C(=O)O)c1ccc(F)cc1. The molecule has 23 heavy (non-hydrogen) atoms. The molecule has 1 aromatic carbocycles. The van der Waals surface area contributed by atoms with Crippen LogP contribution in [0, 0.1) is 23.1 Å². The second-order valence-electron chi connectivity index (χ2n) is 5.97. The predicted molar refractivity (Wildman–Crippen MR) is 86.8 cm³/mol. The molecule has 124 valence electrons. The minimum Gasteiger partial charge on any atom is -0.591 e. The van der Waals surface area contributed by atoms with Crippen molar-refractivity contribution in [3.8, 4) is 6.07 Å². The Morgan fingerprint density at radius 1 is 1.43 bits per heavy atom. The van der Waals surface area contributed by atoms with E-state index in [4.69, 9.17) is 10.4 Å². The van der Waals surface area contributed by atoms with Crippen LogP contribution in [0.1, 0.15) is 39.2 Å². The van der Waals surface area contributed by atoms with E-state index in [9.17, 15) is 13.7 Å². The Morgan fingerprint density at radius 2 is 2.00 bits per heavy atom. The number of benzene rings is 1. The predicted octanol–water partition coefficient (Wildman–Crippen LogP) is 3.08. The van der Waals surface area contributed by atoms with Crippen LogP contribution in [0.3, 0.4) is 0 Å². The minimum absolute atomic E-state index is 0.0450. The summed E-state index contributed by atoms with van der Waals surface area (Å²) in [6.45, 7) is 5.30. The second kappa shape index (κ2) is 8.09. The van der Waals surface area contributed by atoms with Crippen LogP contribution < -0.4 is 0 Å². The molecule has 0 bridgehead atoms. The highest BCUT2D eigenvalue weighted by Gasteiger charge is 2.28. The van der Waals surface area contributed by atoms with Gasteiger partial charge in [0.05, 0.1) is 11.8 Å². The van der Waals surface area contributed by atoms with Crippen LogP contribution >= 0.6 is 0 Å². The third-order valence-corrected chi connectivity index (χ3v) is 4.45. The number of carboxylic acids is 1. The van der Waals surface area contributed by atoms with Crippen LogP contribution in [0.4, 0.5) is 4.39 Å². The molecule has 0 fully saturated rings. The molecule has 0 aliphatic rings. The van der Waals surface area contributed by atoms with Crippen molar-refractivity contribution < 1.29 is 18.8 Å². The summed E-state index contributed by atoms with van der Waals surface area (Å²) < 4.78 is 28.9. The maximum absolute atomic E-state index is 13.1. The van der Waals surface area contributed by atoms with Crippen molar-refractivity contribution in [1.82, 2.24) is 0 Å². The Kier molecular flexibility index (Phi) is 6.73. The summed E-state index contributed by atoms with van der Waals surface area (Å²) in [6, 6.07) is 7.21. The Hall–Kier alpha value is -1.91. The van der Waals surface area contributed by atoms with Crippen molar-refractivity contribution in [3.05, 3.63) is 35.6 Å². The largest absolute Gasteiger partial charge is 0.591 e. The minimum atomic E-state index is -1.54. The molecule has 1 rings (SSSR count). The van der Waals surface area contributed by atoms with Crippen LogP contribution in [-0.2, 0) is 16.2 Å². The molecule has 0 amide bonds. The van der Waals surface area contributed by atoms with Crippen molar-refractivity contribution in [3.63, 3.8) is 0 Å². The molecule has 0 aliphatic carbocycles. The average molecular weight is 338 g/mol. The quantitative estimate of drug-likeness (QED) is 0.637. The van der Waals surface area contributed by atoms with Gasteiger partial charge < -0.3 is 9.66 Å². The van der Waals surface area contributed by atoms with Gasteiger partial charge in [0.1, 0.15) is 27.8 Å². The third kappa shape index (κ3) is 6.00.